The third kappa shape index (κ3) is 3.10. The highest BCUT2D eigenvalue weighted by molar-refractivity contribution is 7.80. The second-order valence-electron chi connectivity index (χ2n) is 4.18. The van der Waals surface area contributed by atoms with Crippen molar-refractivity contribution in [3.05, 3.63) is 23.4 Å². The number of hydrogen-bond donors (Lipinski definition) is 1. The van der Waals surface area contributed by atoms with Crippen LogP contribution in [0.1, 0.15) is 30.9 Å². The molecule has 1 heterocycles. The van der Waals surface area contributed by atoms with Crippen molar-refractivity contribution in [2.45, 2.75) is 25.9 Å². The van der Waals surface area contributed by atoms with E-state index < -0.39 is 11.7 Å². The van der Waals surface area contributed by atoms with Gasteiger partial charge in [-0.05, 0) is 29.8 Å². The Morgan fingerprint density at radius 3 is 2.39 bits per heavy atom. The molecule has 3 nitrogen and oxygen atoms in total. The Morgan fingerprint density at radius 1 is 1.44 bits per heavy atom. The molecule has 0 aliphatic carbocycles. The molecule has 0 amide bonds. The van der Waals surface area contributed by atoms with Gasteiger partial charge in [0.15, 0.2) is 5.11 Å². The van der Waals surface area contributed by atoms with Gasteiger partial charge in [-0.1, -0.05) is 13.8 Å². The molecule has 0 bridgehead atoms. The number of thiocarbonyl (C=S) groups is 1. The molecule has 0 saturated heterocycles. The van der Waals surface area contributed by atoms with Crippen LogP contribution in [0.5, 0.6) is 0 Å². The highest BCUT2D eigenvalue weighted by Gasteiger charge is 2.35. The van der Waals surface area contributed by atoms with Gasteiger partial charge < -0.3 is 10.6 Å². The van der Waals surface area contributed by atoms with E-state index >= 15 is 0 Å². The van der Waals surface area contributed by atoms with Crippen molar-refractivity contribution in [2.24, 2.45) is 5.73 Å². The number of rotatable bonds is 2. The standard InChI is InChI=1S/C11H14F3N3S/c1-6(2)7-5-16-9(17(3)10(15)18)4-8(7)11(12,13)14/h4-6H,1-3H3,(H2,15,18). The van der Waals surface area contributed by atoms with Crippen LogP contribution in [0.4, 0.5) is 19.0 Å². The van der Waals surface area contributed by atoms with Gasteiger partial charge in [0.2, 0.25) is 0 Å². The quantitative estimate of drug-likeness (QED) is 0.844. The maximum atomic E-state index is 12.9. The molecule has 0 saturated carbocycles. The lowest BCUT2D eigenvalue weighted by atomic mass is 9.99. The average molecular weight is 277 g/mol. The summed E-state index contributed by atoms with van der Waals surface area (Å²) in [6.45, 7) is 3.37. The van der Waals surface area contributed by atoms with Gasteiger partial charge >= 0.3 is 6.18 Å². The van der Waals surface area contributed by atoms with Gasteiger partial charge in [0, 0.05) is 13.2 Å². The molecule has 2 N–H and O–H groups in total. The summed E-state index contributed by atoms with van der Waals surface area (Å²) in [5.41, 5.74) is 4.81. The third-order valence-electron chi connectivity index (χ3n) is 2.52. The summed E-state index contributed by atoms with van der Waals surface area (Å²) in [5.74, 6) is -0.183. The van der Waals surface area contributed by atoms with Crippen LogP contribution in [0.25, 0.3) is 0 Å². The minimum atomic E-state index is -4.42. The Kier molecular flexibility index (Phi) is 4.16. The second kappa shape index (κ2) is 5.09. The number of nitrogens with two attached hydrogens (primary N) is 1. The average Bonchev–Trinajstić information content (AvgIpc) is 2.25. The Balaban J connectivity index is 3.35. The first-order valence-electron chi connectivity index (χ1n) is 5.25. The maximum absolute atomic E-state index is 12.9. The summed E-state index contributed by atoms with van der Waals surface area (Å²) in [4.78, 5) is 5.18. The van der Waals surface area contributed by atoms with Gasteiger partial charge in [-0.3, -0.25) is 0 Å². The SMILES string of the molecule is CC(C)c1cnc(N(C)C(N)=S)cc1C(F)(F)F. The topological polar surface area (TPSA) is 42.2 Å². The molecule has 1 aromatic heterocycles. The number of pyridine rings is 1. The molecule has 100 valence electrons. The monoisotopic (exact) mass is 277 g/mol. The minimum absolute atomic E-state index is 0.0343. The van der Waals surface area contributed by atoms with E-state index in [-0.39, 0.29) is 22.4 Å². The fourth-order valence-electron chi connectivity index (χ4n) is 1.46. The van der Waals surface area contributed by atoms with E-state index in [1.165, 1.54) is 18.1 Å². The smallest absolute Gasteiger partial charge is 0.376 e. The van der Waals surface area contributed by atoms with Crippen molar-refractivity contribution in [2.75, 3.05) is 11.9 Å². The third-order valence-corrected chi connectivity index (χ3v) is 2.80. The minimum Gasteiger partial charge on any atom is -0.376 e. The van der Waals surface area contributed by atoms with Crippen LogP contribution in [0, 0.1) is 0 Å². The molecule has 0 radical (unpaired) electrons. The normalized spacial score (nSPS) is 11.7. The van der Waals surface area contributed by atoms with Gasteiger partial charge in [-0.15, -0.1) is 0 Å². The summed E-state index contributed by atoms with van der Waals surface area (Å²) >= 11 is 4.70. The van der Waals surface area contributed by atoms with Crippen LogP contribution in [-0.4, -0.2) is 17.1 Å². The zero-order valence-electron chi connectivity index (χ0n) is 10.2. The van der Waals surface area contributed by atoms with Crippen molar-refractivity contribution >= 4 is 23.1 Å². The van der Waals surface area contributed by atoms with Crippen LogP contribution in [0.2, 0.25) is 0 Å². The largest absolute Gasteiger partial charge is 0.416 e. The predicted molar refractivity (Wildman–Crippen MR) is 68.5 cm³/mol. The van der Waals surface area contributed by atoms with E-state index in [0.717, 1.165) is 6.07 Å². The van der Waals surface area contributed by atoms with E-state index in [1.54, 1.807) is 13.8 Å². The van der Waals surface area contributed by atoms with Crippen LogP contribution in [-0.2, 0) is 6.18 Å². The van der Waals surface area contributed by atoms with Gasteiger partial charge in [0.1, 0.15) is 5.82 Å². The Hall–Kier alpha value is -1.37. The Labute approximate surface area is 109 Å². The molecule has 0 atom stereocenters. The number of aromatic nitrogens is 1. The zero-order valence-corrected chi connectivity index (χ0v) is 11.1. The summed E-state index contributed by atoms with van der Waals surface area (Å²) < 4.78 is 38.8. The first kappa shape index (κ1) is 14.7. The van der Waals surface area contributed by atoms with Gasteiger partial charge in [-0.2, -0.15) is 13.2 Å². The zero-order chi connectivity index (χ0) is 14.1. The summed E-state index contributed by atoms with van der Waals surface area (Å²) in [7, 11) is 1.47. The lowest BCUT2D eigenvalue weighted by Gasteiger charge is -2.20. The highest BCUT2D eigenvalue weighted by Crippen LogP contribution is 2.36. The molecule has 1 aromatic rings. The highest BCUT2D eigenvalue weighted by atomic mass is 32.1. The van der Waals surface area contributed by atoms with Crippen molar-refractivity contribution in [3.8, 4) is 0 Å². The summed E-state index contributed by atoms with van der Waals surface area (Å²) in [6, 6.07) is 0.967. The van der Waals surface area contributed by atoms with E-state index in [4.69, 9.17) is 18.0 Å². The Bertz CT molecular complexity index is 457. The second-order valence-corrected chi connectivity index (χ2v) is 4.60. The molecule has 7 heteroatoms. The molecule has 0 aromatic carbocycles. The molecule has 0 spiro atoms. The van der Waals surface area contributed by atoms with E-state index in [1.807, 2.05) is 0 Å². The van der Waals surface area contributed by atoms with E-state index in [0.29, 0.717) is 0 Å². The fourth-order valence-corrected chi connectivity index (χ4v) is 1.55. The van der Waals surface area contributed by atoms with Crippen LogP contribution < -0.4 is 10.6 Å². The molecule has 0 fully saturated rings. The van der Waals surface area contributed by atoms with Crippen molar-refractivity contribution < 1.29 is 13.2 Å². The lowest BCUT2D eigenvalue weighted by Crippen LogP contribution is -2.32. The number of alkyl halides is 3. The molecule has 1 rings (SSSR count). The molecular weight excluding hydrogens is 263 g/mol. The summed E-state index contributed by atoms with van der Waals surface area (Å²) in [6.07, 6.45) is -3.20. The fraction of sp³-hybridized carbons (Fsp3) is 0.455. The van der Waals surface area contributed by atoms with Crippen molar-refractivity contribution in [1.82, 2.24) is 4.98 Å². The predicted octanol–water partition coefficient (Wildman–Crippen LogP) is 2.90. The maximum Gasteiger partial charge on any atom is 0.416 e. The molecule has 0 unspecified atom stereocenters. The van der Waals surface area contributed by atoms with Crippen LogP contribution in [0.15, 0.2) is 12.3 Å². The van der Waals surface area contributed by atoms with Crippen LogP contribution >= 0.6 is 12.2 Å². The molecular formula is C11H14F3N3S. The number of nitrogens with zero attached hydrogens (tertiary/aromatic N) is 2. The van der Waals surface area contributed by atoms with Crippen molar-refractivity contribution in [3.63, 3.8) is 0 Å². The summed E-state index contributed by atoms with van der Waals surface area (Å²) in [5, 5.41) is -0.0343. The number of halogens is 3. The Morgan fingerprint density at radius 2 is 2.00 bits per heavy atom. The van der Waals surface area contributed by atoms with Crippen LogP contribution in [0.3, 0.4) is 0 Å². The van der Waals surface area contributed by atoms with Gasteiger partial charge in [0.25, 0.3) is 0 Å². The molecule has 0 aliphatic heterocycles. The van der Waals surface area contributed by atoms with Gasteiger partial charge in [-0.25, -0.2) is 4.98 Å². The first-order chi connectivity index (χ1) is 8.14. The first-order valence-corrected chi connectivity index (χ1v) is 5.65. The number of hydrogen-bond acceptors (Lipinski definition) is 2. The van der Waals surface area contributed by atoms with Gasteiger partial charge in [0.05, 0.1) is 5.56 Å². The molecule has 0 aliphatic rings. The van der Waals surface area contributed by atoms with E-state index in [9.17, 15) is 13.2 Å². The van der Waals surface area contributed by atoms with Crippen molar-refractivity contribution in [1.29, 1.82) is 0 Å². The van der Waals surface area contributed by atoms with E-state index in [2.05, 4.69) is 4.98 Å². The number of anilines is 1. The molecule has 18 heavy (non-hydrogen) atoms. The lowest BCUT2D eigenvalue weighted by molar-refractivity contribution is -0.138.